The molecule has 2 rings (SSSR count). The van der Waals surface area contributed by atoms with Crippen LogP contribution in [0.25, 0.3) is 10.9 Å². The maximum atomic E-state index is 13.8. The molecule has 0 radical (unpaired) electrons. The second-order valence-corrected chi connectivity index (χ2v) is 4.01. The van der Waals surface area contributed by atoms with E-state index < -0.39 is 56.1 Å². The molecule has 116 valence electrons. The number of alkyl halides is 3. The molecule has 1 aromatic carbocycles. The number of nitroso groups, excluding NO2 is 1. The molecule has 1 aromatic heterocycles. The van der Waals surface area contributed by atoms with Gasteiger partial charge in [0, 0.05) is 0 Å². The number of nitrogens with zero attached hydrogens (tertiary/aromatic N) is 2. The molecule has 1 heterocycles. The van der Waals surface area contributed by atoms with Crippen LogP contribution in [0.3, 0.4) is 0 Å². The highest BCUT2D eigenvalue weighted by Crippen LogP contribution is 2.43. The van der Waals surface area contributed by atoms with Gasteiger partial charge in [-0.25, -0.2) is 0 Å². The van der Waals surface area contributed by atoms with Crippen LogP contribution >= 0.6 is 0 Å². The Morgan fingerprint density at radius 3 is 2.41 bits per heavy atom. The molecule has 0 spiro atoms. The summed E-state index contributed by atoms with van der Waals surface area (Å²) >= 11 is 0. The van der Waals surface area contributed by atoms with Gasteiger partial charge in [0.25, 0.3) is 5.56 Å². The zero-order chi connectivity index (χ0) is 16.8. The quantitative estimate of drug-likeness (QED) is 0.380. The molecule has 8 nitrogen and oxygen atoms in total. The minimum absolute atomic E-state index is 0.0766. The van der Waals surface area contributed by atoms with Crippen LogP contribution in [0.5, 0.6) is 5.75 Å². The van der Waals surface area contributed by atoms with Crippen molar-refractivity contribution in [2.75, 3.05) is 0 Å². The fourth-order valence-corrected chi connectivity index (χ4v) is 1.86. The number of benzene rings is 1. The normalized spacial score (nSPS) is 11.6. The number of halogens is 4. The fourth-order valence-electron chi connectivity index (χ4n) is 1.86. The van der Waals surface area contributed by atoms with Gasteiger partial charge in [-0.3, -0.25) is 14.9 Å². The molecular formula is C10H3F4N3O5. The van der Waals surface area contributed by atoms with E-state index >= 15 is 0 Å². The van der Waals surface area contributed by atoms with Gasteiger partial charge in [0.05, 0.1) is 10.4 Å². The van der Waals surface area contributed by atoms with Crippen molar-refractivity contribution in [3.05, 3.63) is 42.8 Å². The van der Waals surface area contributed by atoms with Crippen molar-refractivity contribution in [3.8, 4) is 5.75 Å². The van der Waals surface area contributed by atoms with Crippen molar-refractivity contribution < 1.29 is 27.6 Å². The van der Waals surface area contributed by atoms with Gasteiger partial charge >= 0.3 is 11.9 Å². The average molecular weight is 321 g/mol. The van der Waals surface area contributed by atoms with Crippen LogP contribution in [0.15, 0.2) is 16.0 Å². The third kappa shape index (κ3) is 2.13. The van der Waals surface area contributed by atoms with E-state index in [4.69, 9.17) is 0 Å². The summed E-state index contributed by atoms with van der Waals surface area (Å²) in [6.45, 7) is 0. The standard InChI is InChI=1S/C10H3F4N3O5/c11-5-2(10(12,13)14)1-3-4(7(5)17(21)22)6(16-20)8(18)9(19)15-3/h1,18H,(H,15,19). The molecule has 0 atom stereocenters. The number of nitrogens with one attached hydrogen (secondary N) is 1. The van der Waals surface area contributed by atoms with Gasteiger partial charge in [-0.2, -0.15) is 17.6 Å². The zero-order valence-corrected chi connectivity index (χ0v) is 10.1. The third-order valence-corrected chi connectivity index (χ3v) is 2.74. The molecule has 0 unspecified atom stereocenters. The summed E-state index contributed by atoms with van der Waals surface area (Å²) in [5.74, 6) is -3.63. The number of H-pyrrole nitrogens is 1. The Hall–Kier alpha value is -3.05. The van der Waals surface area contributed by atoms with Crippen LogP contribution in [0.2, 0.25) is 0 Å². The second kappa shape index (κ2) is 4.75. The number of pyridine rings is 1. The van der Waals surface area contributed by atoms with Gasteiger partial charge < -0.3 is 10.1 Å². The van der Waals surface area contributed by atoms with E-state index in [0.717, 1.165) is 0 Å². The highest BCUT2D eigenvalue weighted by Gasteiger charge is 2.40. The molecule has 0 saturated carbocycles. The number of nitro groups is 1. The van der Waals surface area contributed by atoms with E-state index in [9.17, 15) is 42.5 Å². The van der Waals surface area contributed by atoms with Gasteiger partial charge in [0.15, 0.2) is 5.69 Å². The molecule has 0 bridgehead atoms. The van der Waals surface area contributed by atoms with Crippen molar-refractivity contribution >= 4 is 22.3 Å². The van der Waals surface area contributed by atoms with E-state index in [2.05, 4.69) is 5.18 Å². The van der Waals surface area contributed by atoms with Crippen LogP contribution in [0.1, 0.15) is 5.56 Å². The number of hydrogen-bond donors (Lipinski definition) is 2. The number of aromatic nitrogens is 1. The summed E-state index contributed by atoms with van der Waals surface area (Å²) in [6.07, 6.45) is -5.29. The number of rotatable bonds is 2. The van der Waals surface area contributed by atoms with Crippen molar-refractivity contribution in [1.29, 1.82) is 0 Å². The predicted molar refractivity (Wildman–Crippen MR) is 63.3 cm³/mol. The van der Waals surface area contributed by atoms with Crippen LogP contribution < -0.4 is 5.56 Å². The lowest BCUT2D eigenvalue weighted by atomic mass is 10.1. The van der Waals surface area contributed by atoms with E-state index in [0.29, 0.717) is 0 Å². The molecule has 0 aliphatic carbocycles. The molecule has 0 aliphatic rings. The Balaban J connectivity index is 3.17. The maximum absolute atomic E-state index is 13.8. The van der Waals surface area contributed by atoms with Gasteiger partial charge in [-0.15, -0.1) is 4.91 Å². The number of aromatic amines is 1. The van der Waals surface area contributed by atoms with Crippen molar-refractivity contribution in [2.24, 2.45) is 5.18 Å². The largest absolute Gasteiger partial charge is 0.501 e. The molecule has 0 fully saturated rings. The molecule has 0 amide bonds. The van der Waals surface area contributed by atoms with Gasteiger partial charge in [-0.1, -0.05) is 0 Å². The Labute approximate surface area is 116 Å². The second-order valence-electron chi connectivity index (χ2n) is 4.01. The first-order valence-electron chi connectivity index (χ1n) is 5.26. The Kier molecular flexibility index (Phi) is 3.31. The van der Waals surface area contributed by atoms with E-state index in [1.54, 1.807) is 4.98 Å². The van der Waals surface area contributed by atoms with E-state index in [1.807, 2.05) is 0 Å². The summed E-state index contributed by atoms with van der Waals surface area (Å²) in [7, 11) is 0. The minimum Gasteiger partial charge on any atom is -0.501 e. The highest BCUT2D eigenvalue weighted by molar-refractivity contribution is 6.00. The monoisotopic (exact) mass is 321 g/mol. The molecule has 22 heavy (non-hydrogen) atoms. The Morgan fingerprint density at radius 2 is 1.95 bits per heavy atom. The number of fused-ring (bicyclic) bond motifs is 1. The Morgan fingerprint density at radius 1 is 1.36 bits per heavy atom. The lowest BCUT2D eigenvalue weighted by molar-refractivity contribution is -0.386. The summed E-state index contributed by atoms with van der Waals surface area (Å²) in [4.78, 5) is 33.0. The van der Waals surface area contributed by atoms with E-state index in [-0.39, 0.29) is 6.07 Å². The van der Waals surface area contributed by atoms with E-state index in [1.165, 1.54) is 0 Å². The van der Waals surface area contributed by atoms with Crippen LogP contribution in [-0.2, 0) is 6.18 Å². The highest BCUT2D eigenvalue weighted by atomic mass is 19.4. The van der Waals surface area contributed by atoms with Crippen LogP contribution in [0, 0.1) is 20.8 Å². The molecule has 2 aromatic rings. The summed E-state index contributed by atoms with van der Waals surface area (Å²) < 4.78 is 51.9. The Bertz CT molecular complexity index is 874. The van der Waals surface area contributed by atoms with Gasteiger partial charge in [0.1, 0.15) is 10.9 Å². The summed E-state index contributed by atoms with van der Waals surface area (Å²) in [5, 5.41) is 21.3. The molecule has 0 saturated heterocycles. The average Bonchev–Trinajstić information content (AvgIpc) is 2.38. The van der Waals surface area contributed by atoms with Crippen molar-refractivity contribution in [1.82, 2.24) is 4.98 Å². The first kappa shape index (κ1) is 15.3. The lowest BCUT2D eigenvalue weighted by Crippen LogP contribution is -2.13. The van der Waals surface area contributed by atoms with Gasteiger partial charge in [0.2, 0.25) is 11.6 Å². The fraction of sp³-hybridized carbons (Fsp3) is 0.100. The van der Waals surface area contributed by atoms with Crippen molar-refractivity contribution in [3.63, 3.8) is 0 Å². The number of nitro benzene ring substituents is 1. The SMILES string of the molecule is O=Nc1c(O)c(=O)[nH]c2cc(C(F)(F)F)c(F)c([N+](=O)[O-])c12. The number of hydrogen-bond acceptors (Lipinski definition) is 6. The first-order chi connectivity index (χ1) is 10.1. The topological polar surface area (TPSA) is 126 Å². The summed E-state index contributed by atoms with van der Waals surface area (Å²) in [6, 6.07) is 0.0766. The van der Waals surface area contributed by atoms with Crippen LogP contribution in [0.4, 0.5) is 28.9 Å². The third-order valence-electron chi connectivity index (χ3n) is 2.74. The van der Waals surface area contributed by atoms with Crippen molar-refractivity contribution in [2.45, 2.75) is 6.18 Å². The smallest absolute Gasteiger partial charge is 0.419 e. The first-order valence-corrected chi connectivity index (χ1v) is 5.26. The molecule has 0 aliphatic heterocycles. The molecular weight excluding hydrogens is 318 g/mol. The predicted octanol–water partition coefficient (Wildman–Crippen LogP) is 2.70. The lowest BCUT2D eigenvalue weighted by Gasteiger charge is -2.11. The molecule has 12 heteroatoms. The van der Waals surface area contributed by atoms with Gasteiger partial charge in [-0.05, 0) is 11.2 Å². The number of aromatic hydroxyl groups is 1. The minimum atomic E-state index is -5.29. The zero-order valence-electron chi connectivity index (χ0n) is 10.1. The van der Waals surface area contributed by atoms with Crippen LogP contribution in [-0.4, -0.2) is 15.0 Å². The molecule has 2 N–H and O–H groups in total. The summed E-state index contributed by atoms with van der Waals surface area (Å²) in [5.41, 5.74) is -7.23. The maximum Gasteiger partial charge on any atom is 0.419 e.